The van der Waals surface area contributed by atoms with Crippen molar-refractivity contribution in [3.05, 3.63) is 59.2 Å². The highest BCUT2D eigenvalue weighted by Gasteiger charge is 2.40. The second-order valence-electron chi connectivity index (χ2n) is 11.4. The smallest absolute Gasteiger partial charge is 0.381 e. The van der Waals surface area contributed by atoms with Gasteiger partial charge >= 0.3 is 6.18 Å². The molecule has 2 N–H and O–H groups in total. The number of halogens is 3. The molecule has 3 unspecified atom stereocenters. The van der Waals surface area contributed by atoms with Gasteiger partial charge in [-0.2, -0.15) is 13.2 Å². The molecule has 0 saturated carbocycles. The third-order valence-electron chi connectivity index (χ3n) is 8.48. The van der Waals surface area contributed by atoms with Gasteiger partial charge in [-0.05, 0) is 68.9 Å². The summed E-state index contributed by atoms with van der Waals surface area (Å²) in [4.78, 5) is 28.2. The number of nitrogens with one attached hydrogen (secondary N) is 2. The fraction of sp³-hybridized carbons (Fsp3) is 0.533. The maximum atomic E-state index is 13.3. The van der Waals surface area contributed by atoms with E-state index in [-0.39, 0.29) is 41.9 Å². The summed E-state index contributed by atoms with van der Waals surface area (Å²) in [5.74, 6) is -0.117. The van der Waals surface area contributed by atoms with Gasteiger partial charge in [-0.1, -0.05) is 0 Å². The molecular weight excluding hydrogens is 549 g/mol. The van der Waals surface area contributed by atoms with E-state index in [4.69, 9.17) is 9.47 Å². The Morgan fingerprint density at radius 3 is 2.86 bits per heavy atom. The summed E-state index contributed by atoms with van der Waals surface area (Å²) >= 11 is 0. The molecule has 0 radical (unpaired) electrons. The Hall–Kier alpha value is -3.35. The van der Waals surface area contributed by atoms with Gasteiger partial charge in [-0.3, -0.25) is 14.7 Å². The first-order valence-electron chi connectivity index (χ1n) is 14.5. The molecule has 6 rings (SSSR count). The van der Waals surface area contributed by atoms with Crippen LogP contribution in [0.5, 0.6) is 0 Å². The number of ether oxygens (including phenoxy) is 2. The Bertz CT molecular complexity index is 1430. The van der Waals surface area contributed by atoms with Crippen molar-refractivity contribution >= 4 is 22.6 Å². The van der Waals surface area contributed by atoms with Crippen molar-refractivity contribution in [3.8, 4) is 0 Å². The van der Waals surface area contributed by atoms with Crippen LogP contribution in [0, 0.1) is 6.92 Å². The monoisotopic (exact) mass is 584 g/mol. The number of anilines is 1. The molecule has 1 aromatic carbocycles. The second-order valence-corrected chi connectivity index (χ2v) is 11.4. The topological polar surface area (TPSA) is 102 Å². The van der Waals surface area contributed by atoms with E-state index in [2.05, 4.69) is 36.6 Å². The molecule has 2 fully saturated rings. The average molecular weight is 585 g/mol. The molecule has 224 valence electrons. The Morgan fingerprint density at radius 2 is 2.00 bits per heavy atom. The number of carbonyl (C=O) groups is 1. The number of alkyl halides is 3. The molecule has 1 aliphatic carbocycles. The number of carbonyl (C=O) groups excluding carboxylic acids is 1. The summed E-state index contributed by atoms with van der Waals surface area (Å²) in [6.45, 7) is 4.67. The van der Waals surface area contributed by atoms with Gasteiger partial charge in [0.2, 0.25) is 5.91 Å². The molecule has 1 amide bonds. The van der Waals surface area contributed by atoms with Crippen LogP contribution < -0.4 is 10.6 Å². The van der Waals surface area contributed by atoms with Gasteiger partial charge in [0.15, 0.2) is 0 Å². The van der Waals surface area contributed by atoms with E-state index >= 15 is 0 Å². The van der Waals surface area contributed by atoms with E-state index in [1.165, 1.54) is 18.0 Å². The number of pyridine rings is 1. The van der Waals surface area contributed by atoms with E-state index in [1.807, 2.05) is 13.1 Å². The highest BCUT2D eigenvalue weighted by molar-refractivity contribution is 5.91. The Labute approximate surface area is 242 Å². The number of nitrogens with zero attached hydrogens (tertiary/aromatic N) is 4. The number of benzene rings is 1. The third-order valence-corrected chi connectivity index (χ3v) is 8.48. The number of hydrogen-bond donors (Lipinski definition) is 2. The molecule has 0 spiro atoms. The third kappa shape index (κ3) is 6.35. The van der Waals surface area contributed by atoms with Crippen molar-refractivity contribution in [1.29, 1.82) is 0 Å². The number of aryl methyl sites for hydroxylation is 2. The van der Waals surface area contributed by atoms with Gasteiger partial charge in [-0.15, -0.1) is 0 Å². The van der Waals surface area contributed by atoms with Gasteiger partial charge in [0, 0.05) is 55.2 Å². The highest BCUT2D eigenvalue weighted by Crippen LogP contribution is 2.37. The largest absolute Gasteiger partial charge is 0.416 e. The summed E-state index contributed by atoms with van der Waals surface area (Å²) < 4.78 is 52.3. The van der Waals surface area contributed by atoms with Crippen molar-refractivity contribution in [2.75, 3.05) is 38.2 Å². The van der Waals surface area contributed by atoms with E-state index in [0.717, 1.165) is 68.7 Å². The molecule has 0 bridgehead atoms. The molecule has 9 nitrogen and oxygen atoms in total. The molecule has 12 heteroatoms. The zero-order valence-electron chi connectivity index (χ0n) is 23.5. The van der Waals surface area contributed by atoms with E-state index in [0.29, 0.717) is 24.6 Å². The molecule has 3 aliphatic rings. The first-order valence-corrected chi connectivity index (χ1v) is 14.5. The fourth-order valence-corrected chi connectivity index (χ4v) is 6.35. The lowest BCUT2D eigenvalue weighted by Gasteiger charge is -2.26. The van der Waals surface area contributed by atoms with Crippen LogP contribution >= 0.6 is 0 Å². The predicted molar refractivity (Wildman–Crippen MR) is 150 cm³/mol. The lowest BCUT2D eigenvalue weighted by atomic mass is 10.1. The lowest BCUT2D eigenvalue weighted by molar-refractivity contribution is -0.137. The van der Waals surface area contributed by atoms with Crippen LogP contribution in [0.3, 0.4) is 0 Å². The molecule has 3 aromatic rings. The maximum Gasteiger partial charge on any atom is 0.416 e. The van der Waals surface area contributed by atoms with E-state index in [9.17, 15) is 18.0 Å². The second kappa shape index (κ2) is 12.1. The van der Waals surface area contributed by atoms with Crippen LogP contribution in [-0.2, 0) is 26.9 Å². The number of likely N-dealkylation sites (tertiary alicyclic amines) is 1. The lowest BCUT2D eigenvalue weighted by Crippen LogP contribution is -2.46. The summed E-state index contributed by atoms with van der Waals surface area (Å²) in [5, 5.41) is 6.26. The first kappa shape index (κ1) is 28.8. The molecule has 2 saturated heterocycles. The minimum atomic E-state index is -4.50. The SMILES string of the molecule is Cc1cc2c(cn1)C(O[C@H]1CN(C3CCCOCC3)CC1NC(=O)CNc1ncnc3ccc(C(F)(F)F)cc13)CC2. The molecule has 4 heterocycles. The van der Waals surface area contributed by atoms with Crippen LogP contribution in [0.1, 0.15) is 54.2 Å². The quantitative estimate of drug-likeness (QED) is 0.426. The highest BCUT2D eigenvalue weighted by atomic mass is 19.4. The van der Waals surface area contributed by atoms with Crippen LogP contribution in [-0.4, -0.2) is 76.8 Å². The van der Waals surface area contributed by atoms with Gasteiger partial charge in [0.25, 0.3) is 0 Å². The Kier molecular flexibility index (Phi) is 8.28. The maximum absolute atomic E-state index is 13.3. The van der Waals surface area contributed by atoms with Crippen molar-refractivity contribution in [1.82, 2.24) is 25.2 Å². The Balaban J connectivity index is 1.15. The van der Waals surface area contributed by atoms with Crippen LogP contribution in [0.4, 0.5) is 19.0 Å². The number of hydrogen-bond acceptors (Lipinski definition) is 8. The molecule has 2 aliphatic heterocycles. The normalized spacial score (nSPS) is 24.9. The first-order chi connectivity index (χ1) is 20.2. The van der Waals surface area contributed by atoms with Gasteiger partial charge < -0.3 is 20.1 Å². The number of fused-ring (bicyclic) bond motifs is 2. The fourth-order valence-electron chi connectivity index (χ4n) is 6.35. The molecule has 2 aromatic heterocycles. The van der Waals surface area contributed by atoms with Gasteiger partial charge in [0.05, 0.1) is 35.9 Å². The van der Waals surface area contributed by atoms with E-state index < -0.39 is 11.7 Å². The minimum Gasteiger partial charge on any atom is -0.381 e. The average Bonchev–Trinajstić information content (AvgIpc) is 3.42. The predicted octanol–water partition coefficient (Wildman–Crippen LogP) is 4.21. The number of rotatable bonds is 7. The van der Waals surface area contributed by atoms with Crippen LogP contribution in [0.15, 0.2) is 36.8 Å². The summed E-state index contributed by atoms with van der Waals surface area (Å²) in [6, 6.07) is 5.51. The molecular formula is C30H35F3N6O3. The molecule has 42 heavy (non-hydrogen) atoms. The van der Waals surface area contributed by atoms with Crippen molar-refractivity contribution < 1.29 is 27.4 Å². The van der Waals surface area contributed by atoms with Crippen molar-refractivity contribution in [3.63, 3.8) is 0 Å². The summed E-state index contributed by atoms with van der Waals surface area (Å²) in [6.07, 6.45) is 3.15. The zero-order valence-corrected chi connectivity index (χ0v) is 23.5. The number of aromatic nitrogens is 3. The number of amides is 1. The summed E-state index contributed by atoms with van der Waals surface area (Å²) in [7, 11) is 0. The zero-order chi connectivity index (χ0) is 29.3. The Morgan fingerprint density at radius 1 is 1.12 bits per heavy atom. The van der Waals surface area contributed by atoms with Gasteiger partial charge in [0.1, 0.15) is 12.1 Å². The van der Waals surface area contributed by atoms with Crippen LogP contribution in [0.25, 0.3) is 10.9 Å². The summed E-state index contributed by atoms with van der Waals surface area (Å²) in [5.41, 5.74) is 2.92. The standard InChI is InChI=1S/C30H35F3N6O3/c1-18-11-19-4-7-26(23(19)13-34-18)42-27-16-39(21-3-2-9-41-10-8-21)15-25(27)38-28(40)14-35-29-22-12-20(30(31,32)33)5-6-24(22)36-17-37-29/h5-6,11-13,17,21,25-27H,2-4,7-10,14-16H2,1H3,(H,38,40)(H,35,36,37)/t21?,25?,26?,27-/m0/s1. The van der Waals surface area contributed by atoms with Crippen molar-refractivity contribution in [2.24, 2.45) is 0 Å². The van der Waals surface area contributed by atoms with Crippen LogP contribution in [0.2, 0.25) is 0 Å². The van der Waals surface area contributed by atoms with Crippen molar-refractivity contribution in [2.45, 2.75) is 69.5 Å². The van der Waals surface area contributed by atoms with E-state index in [1.54, 1.807) is 0 Å². The van der Waals surface area contributed by atoms with Gasteiger partial charge in [-0.25, -0.2) is 9.97 Å². The molecule has 4 atom stereocenters. The minimum absolute atomic E-state index is 0.0803.